The SMILES string of the molecule is CCCC/C=C\CCCCCCCC(=O)OC(COC(=O)CCCCCCCCCCCCCCC)COC1OC(COC2OC(CO)C(O)C(O)C2O)C(O)C(O)C1O. The predicted molar refractivity (Wildman–Crippen MR) is 224 cm³/mol. The smallest absolute Gasteiger partial charge is 0.306 e. The lowest BCUT2D eigenvalue weighted by Gasteiger charge is -2.42. The molecule has 2 fully saturated rings. The van der Waals surface area contributed by atoms with E-state index in [1.807, 2.05) is 0 Å². The molecule has 2 heterocycles. The molecular weight excluding hydrogens is 780 g/mol. The zero-order valence-corrected chi connectivity index (χ0v) is 36.7. The van der Waals surface area contributed by atoms with E-state index < -0.39 is 92.7 Å². The molecule has 15 heteroatoms. The molecule has 60 heavy (non-hydrogen) atoms. The Morgan fingerprint density at radius 1 is 0.517 bits per heavy atom. The first-order valence-corrected chi connectivity index (χ1v) is 23.3. The quantitative estimate of drug-likeness (QED) is 0.0252. The fraction of sp³-hybridized carbons (Fsp3) is 0.911. The minimum Gasteiger partial charge on any atom is -0.462 e. The summed E-state index contributed by atoms with van der Waals surface area (Å²) in [4.78, 5) is 25.6. The molecule has 2 rings (SSSR count). The highest BCUT2D eigenvalue weighted by Crippen LogP contribution is 2.26. The summed E-state index contributed by atoms with van der Waals surface area (Å²) >= 11 is 0. The number of aliphatic hydroxyl groups excluding tert-OH is 7. The van der Waals surface area contributed by atoms with Gasteiger partial charge in [0.1, 0.15) is 55.4 Å². The maximum absolute atomic E-state index is 12.9. The second-order valence-electron chi connectivity index (χ2n) is 16.6. The topological polar surface area (TPSA) is 231 Å². The zero-order valence-electron chi connectivity index (χ0n) is 36.7. The van der Waals surface area contributed by atoms with Crippen LogP contribution in [0.1, 0.15) is 168 Å². The van der Waals surface area contributed by atoms with Crippen LogP contribution in [0.25, 0.3) is 0 Å². The average molecular weight is 863 g/mol. The molecule has 0 radical (unpaired) electrons. The molecule has 2 saturated heterocycles. The second-order valence-corrected chi connectivity index (χ2v) is 16.6. The first-order chi connectivity index (χ1) is 29.0. The maximum atomic E-state index is 12.9. The number of esters is 2. The number of ether oxygens (including phenoxy) is 6. The van der Waals surface area contributed by atoms with E-state index in [0.29, 0.717) is 12.8 Å². The van der Waals surface area contributed by atoms with E-state index in [-0.39, 0.29) is 26.1 Å². The lowest BCUT2D eigenvalue weighted by atomic mass is 9.98. The number of hydrogen-bond donors (Lipinski definition) is 7. The summed E-state index contributed by atoms with van der Waals surface area (Å²) in [6, 6.07) is 0. The van der Waals surface area contributed by atoms with Gasteiger partial charge in [-0.15, -0.1) is 0 Å². The van der Waals surface area contributed by atoms with E-state index in [1.165, 1.54) is 70.6 Å². The first kappa shape index (κ1) is 54.4. The molecule has 352 valence electrons. The van der Waals surface area contributed by atoms with Crippen molar-refractivity contribution in [1.29, 1.82) is 0 Å². The van der Waals surface area contributed by atoms with Crippen LogP contribution in [0.4, 0.5) is 0 Å². The lowest BCUT2D eigenvalue weighted by molar-refractivity contribution is -0.332. The maximum Gasteiger partial charge on any atom is 0.306 e. The molecule has 2 aliphatic rings. The normalized spacial score (nSPS) is 27.6. The van der Waals surface area contributed by atoms with Crippen molar-refractivity contribution < 1.29 is 73.8 Å². The van der Waals surface area contributed by atoms with Crippen molar-refractivity contribution in [1.82, 2.24) is 0 Å². The van der Waals surface area contributed by atoms with Crippen LogP contribution < -0.4 is 0 Å². The van der Waals surface area contributed by atoms with E-state index in [1.54, 1.807) is 0 Å². The fourth-order valence-corrected chi connectivity index (χ4v) is 7.31. The van der Waals surface area contributed by atoms with Gasteiger partial charge in [-0.05, 0) is 32.1 Å². The van der Waals surface area contributed by atoms with Gasteiger partial charge in [-0.3, -0.25) is 9.59 Å². The molecule has 0 aromatic heterocycles. The third kappa shape index (κ3) is 22.5. The first-order valence-electron chi connectivity index (χ1n) is 23.3. The molecule has 11 atom stereocenters. The Morgan fingerprint density at radius 3 is 1.52 bits per heavy atom. The minimum atomic E-state index is -1.76. The number of carbonyl (C=O) groups is 2. The van der Waals surface area contributed by atoms with Crippen molar-refractivity contribution in [2.45, 2.75) is 235 Å². The van der Waals surface area contributed by atoms with Gasteiger partial charge in [-0.1, -0.05) is 135 Å². The van der Waals surface area contributed by atoms with E-state index in [9.17, 15) is 45.3 Å². The molecular formula is C45H82O15. The highest BCUT2D eigenvalue weighted by atomic mass is 16.7. The molecule has 15 nitrogen and oxygen atoms in total. The van der Waals surface area contributed by atoms with Crippen LogP contribution in [0.5, 0.6) is 0 Å². The Kier molecular flexibility index (Phi) is 30.6. The van der Waals surface area contributed by atoms with Crippen molar-refractivity contribution in [3.8, 4) is 0 Å². The number of unbranched alkanes of at least 4 members (excludes halogenated alkanes) is 19. The molecule has 0 aromatic rings. The van der Waals surface area contributed by atoms with Crippen molar-refractivity contribution in [3.63, 3.8) is 0 Å². The third-order valence-corrected chi connectivity index (χ3v) is 11.2. The van der Waals surface area contributed by atoms with Gasteiger partial charge in [-0.25, -0.2) is 0 Å². The van der Waals surface area contributed by atoms with E-state index >= 15 is 0 Å². The van der Waals surface area contributed by atoms with Gasteiger partial charge in [0.15, 0.2) is 18.7 Å². The van der Waals surface area contributed by atoms with Crippen LogP contribution in [0.3, 0.4) is 0 Å². The van der Waals surface area contributed by atoms with Gasteiger partial charge in [0.2, 0.25) is 0 Å². The van der Waals surface area contributed by atoms with Gasteiger partial charge >= 0.3 is 11.9 Å². The van der Waals surface area contributed by atoms with Gasteiger partial charge < -0.3 is 64.2 Å². The molecule has 0 aliphatic carbocycles. The van der Waals surface area contributed by atoms with Crippen LogP contribution in [0.15, 0.2) is 12.2 Å². The standard InChI is InChI=1S/C45H82O15/c1-3-5-7-9-11-13-15-16-18-19-21-23-25-27-36(47)55-30-33(58-37(48)28-26-24-22-20-17-14-12-10-8-6-4-2)31-56-44-43(54)41(52)39(50)35(60-44)32-57-45-42(53)40(51)38(49)34(29-46)59-45/h10,12,33-35,38-46,49-54H,3-9,11,13-32H2,1-2H3/b12-10-. The van der Waals surface area contributed by atoms with E-state index in [2.05, 4.69) is 26.0 Å². The Hall–Kier alpha value is -1.76. The number of allylic oxidation sites excluding steroid dienone is 2. The number of carbonyl (C=O) groups excluding carboxylic acids is 2. The van der Waals surface area contributed by atoms with Gasteiger partial charge in [0, 0.05) is 12.8 Å². The molecule has 0 saturated carbocycles. The summed E-state index contributed by atoms with van der Waals surface area (Å²) in [7, 11) is 0. The Balaban J connectivity index is 1.85. The zero-order chi connectivity index (χ0) is 44.0. The Morgan fingerprint density at radius 2 is 0.967 bits per heavy atom. The monoisotopic (exact) mass is 863 g/mol. The molecule has 11 unspecified atom stereocenters. The predicted octanol–water partition coefficient (Wildman–Crippen LogP) is 5.04. The average Bonchev–Trinajstić information content (AvgIpc) is 3.24. The Labute approximate surface area is 359 Å². The van der Waals surface area contributed by atoms with Crippen LogP contribution in [0.2, 0.25) is 0 Å². The third-order valence-electron chi connectivity index (χ3n) is 11.2. The molecule has 2 aliphatic heterocycles. The van der Waals surface area contributed by atoms with Crippen molar-refractivity contribution in [3.05, 3.63) is 12.2 Å². The van der Waals surface area contributed by atoms with Crippen LogP contribution in [-0.4, -0.2) is 142 Å². The van der Waals surface area contributed by atoms with Gasteiger partial charge in [0.05, 0.1) is 19.8 Å². The van der Waals surface area contributed by atoms with Crippen LogP contribution >= 0.6 is 0 Å². The van der Waals surface area contributed by atoms with E-state index in [0.717, 1.165) is 57.8 Å². The largest absolute Gasteiger partial charge is 0.462 e. The Bertz CT molecular complexity index is 1110. The summed E-state index contributed by atoms with van der Waals surface area (Å²) in [6.45, 7) is 2.53. The lowest BCUT2D eigenvalue weighted by Crippen LogP contribution is -2.61. The highest BCUT2D eigenvalue weighted by Gasteiger charge is 2.47. The van der Waals surface area contributed by atoms with Crippen molar-refractivity contribution in [2.75, 3.05) is 26.4 Å². The molecule has 7 N–H and O–H groups in total. The van der Waals surface area contributed by atoms with E-state index in [4.69, 9.17) is 28.4 Å². The van der Waals surface area contributed by atoms with Crippen LogP contribution in [0, 0.1) is 0 Å². The van der Waals surface area contributed by atoms with Gasteiger partial charge in [-0.2, -0.15) is 0 Å². The second kappa shape index (κ2) is 33.8. The number of aliphatic hydroxyl groups is 7. The fourth-order valence-electron chi connectivity index (χ4n) is 7.31. The van der Waals surface area contributed by atoms with Crippen molar-refractivity contribution >= 4 is 11.9 Å². The minimum absolute atomic E-state index is 0.158. The van der Waals surface area contributed by atoms with Gasteiger partial charge in [0.25, 0.3) is 0 Å². The van der Waals surface area contributed by atoms with Crippen LogP contribution in [-0.2, 0) is 38.0 Å². The molecule has 0 aromatic carbocycles. The summed E-state index contributed by atoms with van der Waals surface area (Å²) in [5, 5.41) is 71.8. The molecule has 0 bridgehead atoms. The number of hydrogen-bond acceptors (Lipinski definition) is 15. The van der Waals surface area contributed by atoms with Crippen molar-refractivity contribution in [2.24, 2.45) is 0 Å². The summed E-state index contributed by atoms with van der Waals surface area (Å²) in [5.74, 6) is -0.932. The number of rotatable bonds is 35. The highest BCUT2D eigenvalue weighted by molar-refractivity contribution is 5.70. The summed E-state index contributed by atoms with van der Waals surface area (Å²) < 4.78 is 33.4. The molecule has 0 spiro atoms. The molecule has 0 amide bonds. The summed E-state index contributed by atoms with van der Waals surface area (Å²) in [6.07, 6.45) is 12.6. The summed E-state index contributed by atoms with van der Waals surface area (Å²) in [5.41, 5.74) is 0.